The van der Waals surface area contributed by atoms with Crippen molar-refractivity contribution in [1.29, 1.82) is 0 Å². The van der Waals surface area contributed by atoms with E-state index in [4.69, 9.17) is 0 Å². The Morgan fingerprint density at radius 1 is 1.21 bits per heavy atom. The van der Waals surface area contributed by atoms with Crippen molar-refractivity contribution >= 4 is 23.3 Å². The number of aromatic nitrogens is 1. The summed E-state index contributed by atoms with van der Waals surface area (Å²) in [4.78, 5) is 12.6. The van der Waals surface area contributed by atoms with Crippen LogP contribution in [0.4, 0.5) is 0 Å². The zero-order valence-corrected chi connectivity index (χ0v) is 14.0. The fourth-order valence-corrected chi connectivity index (χ4v) is 3.71. The molecule has 0 saturated heterocycles. The molecule has 0 fully saturated rings. The summed E-state index contributed by atoms with van der Waals surface area (Å²) in [6, 6.07) is 0. The first-order valence-electron chi connectivity index (χ1n) is 6.98. The van der Waals surface area contributed by atoms with E-state index in [0.29, 0.717) is 0 Å². The third-order valence-electron chi connectivity index (χ3n) is 2.69. The minimum absolute atomic E-state index is 0.0685. The van der Waals surface area contributed by atoms with Gasteiger partial charge in [0.25, 0.3) is 0 Å². The predicted octanol–water partition coefficient (Wildman–Crippen LogP) is 4.42. The van der Waals surface area contributed by atoms with E-state index >= 15 is 0 Å². The van der Waals surface area contributed by atoms with Crippen molar-refractivity contribution in [1.82, 2.24) is 3.97 Å². The highest BCUT2D eigenvalue weighted by Crippen LogP contribution is 2.32. The van der Waals surface area contributed by atoms with Crippen molar-refractivity contribution in [3.8, 4) is 5.88 Å². The Kier molecular flexibility index (Phi) is 6.47. The van der Waals surface area contributed by atoms with E-state index in [1.807, 2.05) is 20.8 Å². The topological polar surface area (TPSA) is 42.2 Å². The molecule has 19 heavy (non-hydrogen) atoms. The largest absolute Gasteiger partial charge is 0.493 e. The van der Waals surface area contributed by atoms with Crippen LogP contribution in [0.2, 0.25) is 0 Å². The third-order valence-corrected chi connectivity index (χ3v) is 4.87. The van der Waals surface area contributed by atoms with Gasteiger partial charge >= 0.3 is 4.87 Å². The standard InChI is InChI=1S/C14H25NO2S2/c1-5-6-7-8-9-10-11-12(16)15(13(17)18-11)19-14(2,3)4/h16H,5-10H2,1-4H3. The molecular weight excluding hydrogens is 278 g/mol. The molecule has 0 aliphatic heterocycles. The van der Waals surface area contributed by atoms with Crippen LogP contribution in [-0.2, 0) is 6.42 Å². The summed E-state index contributed by atoms with van der Waals surface area (Å²) in [5, 5.41) is 10.1. The minimum atomic E-state index is -0.0826. The molecule has 5 heteroatoms. The summed E-state index contributed by atoms with van der Waals surface area (Å²) in [5.74, 6) is 0.158. The fraction of sp³-hybridized carbons (Fsp3) is 0.786. The number of aromatic hydroxyl groups is 1. The molecule has 0 aromatic carbocycles. The zero-order valence-electron chi connectivity index (χ0n) is 12.4. The van der Waals surface area contributed by atoms with Gasteiger partial charge in [0, 0.05) is 4.75 Å². The second kappa shape index (κ2) is 7.39. The molecule has 3 nitrogen and oxygen atoms in total. The van der Waals surface area contributed by atoms with E-state index in [1.165, 1.54) is 52.9 Å². The average Bonchev–Trinajstić information content (AvgIpc) is 2.55. The van der Waals surface area contributed by atoms with E-state index < -0.39 is 0 Å². The number of hydrogen-bond acceptors (Lipinski definition) is 4. The van der Waals surface area contributed by atoms with E-state index in [2.05, 4.69) is 6.92 Å². The normalized spacial score (nSPS) is 12.0. The number of thiazole rings is 1. The highest BCUT2D eigenvalue weighted by molar-refractivity contribution is 7.99. The van der Waals surface area contributed by atoms with Crippen molar-refractivity contribution < 1.29 is 5.11 Å². The molecular formula is C14H25NO2S2. The number of hydrogen-bond donors (Lipinski definition) is 1. The number of nitrogens with zero attached hydrogens (tertiary/aromatic N) is 1. The lowest BCUT2D eigenvalue weighted by atomic mass is 10.1. The van der Waals surface area contributed by atoms with Crippen LogP contribution in [0.5, 0.6) is 5.88 Å². The smallest absolute Gasteiger partial charge is 0.320 e. The van der Waals surface area contributed by atoms with Crippen molar-refractivity contribution in [3.05, 3.63) is 14.5 Å². The number of rotatable bonds is 7. The van der Waals surface area contributed by atoms with Crippen LogP contribution in [0.1, 0.15) is 64.7 Å². The van der Waals surface area contributed by atoms with Crippen LogP contribution >= 0.6 is 23.3 Å². The highest BCUT2D eigenvalue weighted by atomic mass is 32.2. The van der Waals surface area contributed by atoms with Crippen LogP contribution < -0.4 is 4.87 Å². The van der Waals surface area contributed by atoms with Crippen molar-refractivity contribution in [2.45, 2.75) is 71.0 Å². The van der Waals surface area contributed by atoms with Gasteiger partial charge in [0.15, 0.2) is 0 Å². The molecule has 110 valence electrons. The maximum Gasteiger partial charge on any atom is 0.320 e. The van der Waals surface area contributed by atoms with Gasteiger partial charge < -0.3 is 5.11 Å². The molecule has 0 unspecified atom stereocenters. The fourth-order valence-electron chi connectivity index (χ4n) is 1.80. The molecule has 0 bridgehead atoms. The van der Waals surface area contributed by atoms with E-state index in [1.54, 1.807) is 0 Å². The molecule has 0 atom stereocenters. The maximum atomic E-state index is 11.9. The van der Waals surface area contributed by atoms with Gasteiger partial charge in [0.2, 0.25) is 5.88 Å². The maximum absolute atomic E-state index is 11.9. The summed E-state index contributed by atoms with van der Waals surface area (Å²) >= 11 is 2.57. The summed E-state index contributed by atoms with van der Waals surface area (Å²) in [6.45, 7) is 8.30. The molecule has 0 spiro atoms. The Morgan fingerprint density at radius 2 is 1.84 bits per heavy atom. The summed E-state index contributed by atoms with van der Waals surface area (Å²) in [6.07, 6.45) is 6.77. The van der Waals surface area contributed by atoms with Gasteiger partial charge in [-0.25, -0.2) is 3.97 Å². The molecule has 1 aromatic rings. The first kappa shape index (κ1) is 16.6. The zero-order chi connectivity index (χ0) is 14.5. The van der Waals surface area contributed by atoms with Crippen LogP contribution in [0.3, 0.4) is 0 Å². The molecule has 1 aromatic heterocycles. The monoisotopic (exact) mass is 303 g/mol. The van der Waals surface area contributed by atoms with E-state index in [0.717, 1.165) is 17.7 Å². The molecule has 0 amide bonds. The van der Waals surface area contributed by atoms with Gasteiger partial charge in [-0.3, -0.25) is 4.79 Å². The number of unbranched alkanes of at least 4 members (excludes halogenated alkanes) is 4. The average molecular weight is 303 g/mol. The van der Waals surface area contributed by atoms with Gasteiger partial charge in [-0.15, -0.1) is 0 Å². The van der Waals surface area contributed by atoms with Crippen LogP contribution in [0.15, 0.2) is 4.79 Å². The lowest BCUT2D eigenvalue weighted by Gasteiger charge is -2.17. The molecule has 0 aliphatic rings. The first-order chi connectivity index (χ1) is 8.85. The molecule has 1 N–H and O–H groups in total. The van der Waals surface area contributed by atoms with Crippen molar-refractivity contribution in [2.24, 2.45) is 0 Å². The van der Waals surface area contributed by atoms with Crippen molar-refractivity contribution in [3.63, 3.8) is 0 Å². The van der Waals surface area contributed by atoms with Crippen LogP contribution in [0.25, 0.3) is 0 Å². The Balaban J connectivity index is 2.61. The van der Waals surface area contributed by atoms with Crippen molar-refractivity contribution in [2.75, 3.05) is 0 Å². The Labute approximate surface area is 124 Å². The second-order valence-corrected chi connectivity index (χ2v) is 8.60. The van der Waals surface area contributed by atoms with E-state index in [9.17, 15) is 9.90 Å². The lowest BCUT2D eigenvalue weighted by Crippen LogP contribution is -2.16. The molecule has 0 radical (unpaired) electrons. The quantitative estimate of drug-likeness (QED) is 0.758. The Hall–Kier alpha value is -0.420. The van der Waals surface area contributed by atoms with Gasteiger partial charge in [-0.05, 0) is 45.6 Å². The molecule has 0 saturated carbocycles. The highest BCUT2D eigenvalue weighted by Gasteiger charge is 2.20. The van der Waals surface area contributed by atoms with E-state index in [-0.39, 0.29) is 15.5 Å². The summed E-state index contributed by atoms with van der Waals surface area (Å²) < 4.78 is 1.35. The molecule has 1 heterocycles. The second-order valence-electron chi connectivity index (χ2n) is 5.78. The summed E-state index contributed by atoms with van der Waals surface area (Å²) in [7, 11) is 0. The third kappa shape index (κ3) is 5.61. The van der Waals surface area contributed by atoms with Crippen LogP contribution in [0, 0.1) is 0 Å². The Bertz CT molecular complexity index is 443. The number of aryl methyl sites for hydroxylation is 1. The SMILES string of the molecule is CCCCCCCc1sc(=O)n(SC(C)(C)C)c1O. The van der Waals surface area contributed by atoms with Gasteiger partial charge in [-0.2, -0.15) is 0 Å². The first-order valence-corrected chi connectivity index (χ1v) is 8.57. The van der Waals surface area contributed by atoms with Gasteiger partial charge in [0.1, 0.15) is 0 Å². The molecule has 1 rings (SSSR count). The van der Waals surface area contributed by atoms with Crippen LogP contribution in [-0.4, -0.2) is 13.8 Å². The Morgan fingerprint density at radius 3 is 2.42 bits per heavy atom. The predicted molar refractivity (Wildman–Crippen MR) is 85.4 cm³/mol. The minimum Gasteiger partial charge on any atom is -0.493 e. The lowest BCUT2D eigenvalue weighted by molar-refractivity contribution is 0.442. The molecule has 0 aliphatic carbocycles. The van der Waals surface area contributed by atoms with Gasteiger partial charge in [0.05, 0.1) is 4.88 Å². The van der Waals surface area contributed by atoms with Gasteiger partial charge in [-0.1, -0.05) is 43.9 Å². The summed E-state index contributed by atoms with van der Waals surface area (Å²) in [5.41, 5.74) is 0.